The summed E-state index contributed by atoms with van der Waals surface area (Å²) in [4.78, 5) is 26.3. The Morgan fingerprint density at radius 1 is 1.08 bits per heavy atom. The first-order valence-electron chi connectivity index (χ1n) is 8.07. The summed E-state index contributed by atoms with van der Waals surface area (Å²) in [5.74, 6) is -0.0316. The molecule has 0 saturated carbocycles. The average Bonchev–Trinajstić information content (AvgIpc) is 2.67. The molecule has 0 saturated heterocycles. The summed E-state index contributed by atoms with van der Waals surface area (Å²) in [6.45, 7) is 0.953. The zero-order valence-electron chi connectivity index (χ0n) is 14.8. The number of hydrogen-bond donors (Lipinski definition) is 2. The van der Waals surface area contributed by atoms with Crippen LogP contribution in [-0.2, 0) is 9.53 Å². The Morgan fingerprint density at radius 3 is 2.50 bits per heavy atom. The molecule has 2 aromatic rings. The van der Waals surface area contributed by atoms with E-state index >= 15 is 0 Å². The van der Waals surface area contributed by atoms with Crippen molar-refractivity contribution in [3.63, 3.8) is 0 Å². The maximum Gasteiger partial charge on any atom is 0.256 e. The molecule has 0 aliphatic rings. The van der Waals surface area contributed by atoms with Crippen molar-refractivity contribution in [2.75, 3.05) is 37.6 Å². The minimum atomic E-state index is -0.190. The molecule has 0 heterocycles. The fourth-order valence-electron chi connectivity index (χ4n) is 2.14. The van der Waals surface area contributed by atoms with Crippen molar-refractivity contribution in [1.29, 1.82) is 0 Å². The van der Waals surface area contributed by atoms with Gasteiger partial charge in [-0.3, -0.25) is 9.59 Å². The van der Waals surface area contributed by atoms with Crippen LogP contribution in [0.3, 0.4) is 0 Å². The summed E-state index contributed by atoms with van der Waals surface area (Å²) < 4.78 is 4.90. The molecule has 0 bridgehead atoms. The summed E-state index contributed by atoms with van der Waals surface area (Å²) in [5, 5.41) is 5.67. The molecule has 2 N–H and O–H groups in total. The van der Waals surface area contributed by atoms with Crippen LogP contribution in [0.25, 0.3) is 0 Å². The number of anilines is 1. The van der Waals surface area contributed by atoms with Gasteiger partial charge in [-0.05, 0) is 42.7 Å². The molecular formula is C19H22N2O3S2. The quantitative estimate of drug-likeness (QED) is 0.507. The van der Waals surface area contributed by atoms with Crippen molar-refractivity contribution in [1.82, 2.24) is 5.32 Å². The van der Waals surface area contributed by atoms with E-state index in [0.717, 1.165) is 15.5 Å². The Labute approximate surface area is 162 Å². The average molecular weight is 391 g/mol. The van der Waals surface area contributed by atoms with E-state index in [1.165, 1.54) is 11.8 Å². The predicted molar refractivity (Wildman–Crippen MR) is 108 cm³/mol. The second-order valence-electron chi connectivity index (χ2n) is 5.31. The van der Waals surface area contributed by atoms with E-state index in [4.69, 9.17) is 4.74 Å². The number of carbonyl (C=O) groups excluding carboxylic acids is 2. The van der Waals surface area contributed by atoms with Crippen LogP contribution in [0.15, 0.2) is 58.3 Å². The Hall–Kier alpha value is -1.96. The van der Waals surface area contributed by atoms with E-state index in [9.17, 15) is 9.59 Å². The number of amides is 2. The van der Waals surface area contributed by atoms with Gasteiger partial charge in [-0.15, -0.1) is 23.5 Å². The number of benzene rings is 2. The summed E-state index contributed by atoms with van der Waals surface area (Å²) in [5.41, 5.74) is 1.29. The van der Waals surface area contributed by atoms with Gasteiger partial charge in [0.05, 0.1) is 17.9 Å². The number of nitrogens with one attached hydrogen (secondary N) is 2. The normalized spacial score (nSPS) is 10.4. The van der Waals surface area contributed by atoms with Crippen molar-refractivity contribution in [3.8, 4) is 0 Å². The van der Waals surface area contributed by atoms with Crippen LogP contribution in [0.2, 0.25) is 0 Å². The summed E-state index contributed by atoms with van der Waals surface area (Å²) >= 11 is 2.99. The number of ether oxygens (including phenoxy) is 1. The Bertz CT molecular complexity index is 736. The summed E-state index contributed by atoms with van der Waals surface area (Å²) in [7, 11) is 1.59. The highest BCUT2D eigenvalue weighted by molar-refractivity contribution is 8.00. The van der Waals surface area contributed by atoms with Crippen molar-refractivity contribution >= 4 is 41.0 Å². The fraction of sp³-hybridized carbons (Fsp3) is 0.263. The van der Waals surface area contributed by atoms with Crippen molar-refractivity contribution < 1.29 is 14.3 Å². The standard InChI is InChI=1S/C19H22N2O3S2/c1-24-12-11-20-18(22)13-26-17-6-4-3-5-16(17)19(23)21-14-7-9-15(25-2)10-8-14/h3-10H,11-13H2,1-2H3,(H,20,22)(H,21,23). The van der Waals surface area contributed by atoms with Gasteiger partial charge in [0.2, 0.25) is 5.91 Å². The highest BCUT2D eigenvalue weighted by Crippen LogP contribution is 2.24. The molecule has 5 nitrogen and oxygen atoms in total. The molecule has 0 fully saturated rings. The van der Waals surface area contributed by atoms with Gasteiger partial charge >= 0.3 is 0 Å². The molecule has 0 unspecified atom stereocenters. The van der Waals surface area contributed by atoms with Crippen LogP contribution >= 0.6 is 23.5 Å². The molecule has 2 rings (SSSR count). The first kappa shape index (κ1) is 20.4. The van der Waals surface area contributed by atoms with Crippen LogP contribution < -0.4 is 10.6 Å². The number of hydrogen-bond acceptors (Lipinski definition) is 5. The molecule has 0 aliphatic heterocycles. The number of carbonyl (C=O) groups is 2. The zero-order valence-corrected chi connectivity index (χ0v) is 16.4. The molecule has 2 aromatic carbocycles. The largest absolute Gasteiger partial charge is 0.383 e. The van der Waals surface area contributed by atoms with E-state index in [0.29, 0.717) is 18.7 Å². The third kappa shape index (κ3) is 6.40. The molecule has 138 valence electrons. The summed E-state index contributed by atoms with van der Waals surface area (Å²) in [6.07, 6.45) is 2.01. The Kier molecular flexibility index (Phi) is 8.53. The van der Waals surface area contributed by atoms with Gasteiger partial charge < -0.3 is 15.4 Å². The Morgan fingerprint density at radius 2 is 1.81 bits per heavy atom. The number of thioether (sulfide) groups is 2. The van der Waals surface area contributed by atoms with Crippen LogP contribution in [0, 0.1) is 0 Å². The van der Waals surface area contributed by atoms with Crippen molar-refractivity contribution in [3.05, 3.63) is 54.1 Å². The second kappa shape index (κ2) is 10.9. The zero-order chi connectivity index (χ0) is 18.8. The van der Waals surface area contributed by atoms with Gasteiger partial charge in [0.25, 0.3) is 5.91 Å². The monoisotopic (exact) mass is 390 g/mol. The highest BCUT2D eigenvalue weighted by atomic mass is 32.2. The van der Waals surface area contributed by atoms with Gasteiger partial charge in [-0.2, -0.15) is 0 Å². The van der Waals surface area contributed by atoms with Crippen LogP contribution in [0.1, 0.15) is 10.4 Å². The van der Waals surface area contributed by atoms with Gasteiger partial charge in [0.15, 0.2) is 0 Å². The molecular weight excluding hydrogens is 368 g/mol. The van der Waals surface area contributed by atoms with Crippen molar-refractivity contribution in [2.24, 2.45) is 0 Å². The molecule has 0 radical (unpaired) electrons. The maximum absolute atomic E-state index is 12.6. The predicted octanol–water partition coefficient (Wildman–Crippen LogP) is 3.52. The minimum Gasteiger partial charge on any atom is -0.383 e. The van der Waals surface area contributed by atoms with E-state index in [2.05, 4.69) is 10.6 Å². The molecule has 0 aromatic heterocycles. The molecule has 0 atom stereocenters. The van der Waals surface area contributed by atoms with Crippen LogP contribution in [-0.4, -0.2) is 44.1 Å². The number of rotatable bonds is 9. The van der Waals surface area contributed by atoms with E-state index in [1.807, 2.05) is 48.7 Å². The summed E-state index contributed by atoms with van der Waals surface area (Å²) in [6, 6.07) is 15.0. The lowest BCUT2D eigenvalue weighted by Crippen LogP contribution is -2.28. The maximum atomic E-state index is 12.6. The van der Waals surface area contributed by atoms with Crippen molar-refractivity contribution in [2.45, 2.75) is 9.79 Å². The molecule has 2 amide bonds. The van der Waals surface area contributed by atoms with Crippen LogP contribution in [0.5, 0.6) is 0 Å². The van der Waals surface area contributed by atoms with E-state index in [-0.39, 0.29) is 17.6 Å². The van der Waals surface area contributed by atoms with Crippen LogP contribution in [0.4, 0.5) is 5.69 Å². The third-order valence-electron chi connectivity index (χ3n) is 3.47. The van der Waals surface area contributed by atoms with Gasteiger partial charge in [0, 0.05) is 29.1 Å². The first-order chi connectivity index (χ1) is 12.6. The molecule has 7 heteroatoms. The lowest BCUT2D eigenvalue weighted by atomic mass is 10.2. The van der Waals surface area contributed by atoms with E-state index < -0.39 is 0 Å². The molecule has 0 spiro atoms. The second-order valence-corrected chi connectivity index (χ2v) is 7.21. The SMILES string of the molecule is COCCNC(=O)CSc1ccccc1C(=O)Nc1ccc(SC)cc1. The lowest BCUT2D eigenvalue weighted by Gasteiger charge is -2.10. The van der Waals surface area contributed by atoms with Gasteiger partial charge in [-0.1, -0.05) is 12.1 Å². The molecule has 0 aliphatic carbocycles. The third-order valence-corrected chi connectivity index (χ3v) is 5.28. The fourth-order valence-corrected chi connectivity index (χ4v) is 3.43. The van der Waals surface area contributed by atoms with Gasteiger partial charge in [-0.25, -0.2) is 0 Å². The number of methoxy groups -OCH3 is 1. The smallest absolute Gasteiger partial charge is 0.256 e. The topological polar surface area (TPSA) is 67.4 Å². The van der Waals surface area contributed by atoms with E-state index in [1.54, 1.807) is 24.9 Å². The highest BCUT2D eigenvalue weighted by Gasteiger charge is 2.13. The van der Waals surface area contributed by atoms with Gasteiger partial charge in [0.1, 0.15) is 0 Å². The minimum absolute atomic E-state index is 0.0880. The first-order valence-corrected chi connectivity index (χ1v) is 10.3. The Balaban J connectivity index is 1.98. The lowest BCUT2D eigenvalue weighted by molar-refractivity contribution is -0.118. The molecule has 26 heavy (non-hydrogen) atoms.